The molecular formula is C11H11NO2S. The molecule has 2 aromatic rings. The SMILES string of the molecule is Cc1cnc2c(CS(=O)O)cccc2c1. The van der Waals surface area contributed by atoms with E-state index in [0.29, 0.717) is 0 Å². The minimum Gasteiger partial charge on any atom is -0.306 e. The summed E-state index contributed by atoms with van der Waals surface area (Å²) in [6, 6.07) is 7.69. The first-order valence-electron chi connectivity index (χ1n) is 4.58. The number of para-hydroxylation sites is 1. The average molecular weight is 221 g/mol. The Bertz CT molecular complexity index is 525. The third-order valence-electron chi connectivity index (χ3n) is 2.21. The van der Waals surface area contributed by atoms with Gasteiger partial charge in [-0.15, -0.1) is 0 Å². The lowest BCUT2D eigenvalue weighted by atomic mass is 10.1. The zero-order chi connectivity index (χ0) is 10.8. The number of pyridine rings is 1. The molecular weight excluding hydrogens is 210 g/mol. The minimum atomic E-state index is -1.82. The zero-order valence-electron chi connectivity index (χ0n) is 8.30. The number of nitrogens with zero attached hydrogens (tertiary/aromatic N) is 1. The summed E-state index contributed by atoms with van der Waals surface area (Å²) >= 11 is -1.82. The van der Waals surface area contributed by atoms with E-state index in [0.717, 1.165) is 22.0 Å². The molecule has 1 unspecified atom stereocenters. The maximum absolute atomic E-state index is 10.8. The lowest BCUT2D eigenvalue weighted by Gasteiger charge is -2.03. The van der Waals surface area contributed by atoms with Gasteiger partial charge in [-0.05, 0) is 24.1 Å². The quantitative estimate of drug-likeness (QED) is 0.791. The molecule has 1 heterocycles. The summed E-state index contributed by atoms with van der Waals surface area (Å²) in [5, 5.41) is 1.01. The van der Waals surface area contributed by atoms with Crippen molar-refractivity contribution in [3.05, 3.63) is 41.6 Å². The molecule has 0 radical (unpaired) electrons. The number of hydrogen-bond acceptors (Lipinski definition) is 2. The molecule has 1 aromatic heterocycles. The van der Waals surface area contributed by atoms with E-state index in [1.165, 1.54) is 0 Å². The van der Waals surface area contributed by atoms with E-state index in [2.05, 4.69) is 4.98 Å². The van der Waals surface area contributed by atoms with Gasteiger partial charge in [0.25, 0.3) is 0 Å². The molecule has 0 amide bonds. The predicted molar refractivity (Wildman–Crippen MR) is 61.0 cm³/mol. The van der Waals surface area contributed by atoms with E-state index in [1.807, 2.05) is 31.2 Å². The van der Waals surface area contributed by atoms with Gasteiger partial charge in [0.1, 0.15) is 0 Å². The molecule has 0 aliphatic rings. The lowest BCUT2D eigenvalue weighted by molar-refractivity contribution is 0.563. The Morgan fingerprint density at radius 2 is 2.27 bits per heavy atom. The Labute approximate surface area is 90.4 Å². The number of rotatable bonds is 2. The van der Waals surface area contributed by atoms with Gasteiger partial charge in [-0.3, -0.25) is 4.98 Å². The lowest BCUT2D eigenvalue weighted by Crippen LogP contribution is -1.95. The van der Waals surface area contributed by atoms with Crippen LogP contribution in [0.1, 0.15) is 11.1 Å². The summed E-state index contributed by atoms with van der Waals surface area (Å²) in [5.74, 6) is 0.132. The minimum absolute atomic E-state index is 0.132. The monoisotopic (exact) mass is 221 g/mol. The second-order valence-electron chi connectivity index (χ2n) is 3.47. The fourth-order valence-electron chi connectivity index (χ4n) is 1.58. The zero-order valence-corrected chi connectivity index (χ0v) is 9.12. The van der Waals surface area contributed by atoms with Gasteiger partial charge in [0.15, 0.2) is 11.1 Å². The van der Waals surface area contributed by atoms with Gasteiger partial charge < -0.3 is 4.55 Å². The third kappa shape index (κ3) is 2.22. The van der Waals surface area contributed by atoms with Crippen LogP contribution in [-0.4, -0.2) is 13.7 Å². The van der Waals surface area contributed by atoms with Crippen LogP contribution in [0.2, 0.25) is 0 Å². The van der Waals surface area contributed by atoms with Gasteiger partial charge in [0.2, 0.25) is 0 Å². The highest BCUT2D eigenvalue weighted by Gasteiger charge is 2.04. The number of benzene rings is 1. The van der Waals surface area contributed by atoms with Crippen molar-refractivity contribution in [2.24, 2.45) is 0 Å². The summed E-state index contributed by atoms with van der Waals surface area (Å²) < 4.78 is 19.6. The summed E-state index contributed by atoms with van der Waals surface area (Å²) in [6.07, 6.45) is 1.77. The van der Waals surface area contributed by atoms with Crippen molar-refractivity contribution >= 4 is 22.0 Å². The van der Waals surface area contributed by atoms with Gasteiger partial charge >= 0.3 is 0 Å². The van der Waals surface area contributed by atoms with Crippen LogP contribution < -0.4 is 0 Å². The van der Waals surface area contributed by atoms with Crippen molar-refractivity contribution in [1.29, 1.82) is 0 Å². The molecule has 3 nitrogen and oxygen atoms in total. The second-order valence-corrected chi connectivity index (χ2v) is 4.40. The van der Waals surface area contributed by atoms with Gasteiger partial charge in [0.05, 0.1) is 11.3 Å². The highest BCUT2D eigenvalue weighted by molar-refractivity contribution is 7.78. The normalized spacial score (nSPS) is 12.9. The van der Waals surface area contributed by atoms with Crippen molar-refractivity contribution < 1.29 is 8.76 Å². The molecule has 1 atom stereocenters. The van der Waals surface area contributed by atoms with Crippen LogP contribution >= 0.6 is 0 Å². The van der Waals surface area contributed by atoms with E-state index in [9.17, 15) is 4.21 Å². The molecule has 0 saturated carbocycles. The number of fused-ring (bicyclic) bond motifs is 1. The van der Waals surface area contributed by atoms with Crippen LogP contribution in [0.15, 0.2) is 30.5 Å². The molecule has 0 saturated heterocycles. The Morgan fingerprint density at radius 1 is 1.47 bits per heavy atom. The first-order valence-corrected chi connectivity index (χ1v) is 5.86. The molecule has 0 aliphatic heterocycles. The molecule has 4 heteroatoms. The largest absolute Gasteiger partial charge is 0.306 e. The Hall–Kier alpha value is -1.26. The van der Waals surface area contributed by atoms with Crippen LogP contribution in [-0.2, 0) is 16.8 Å². The summed E-state index contributed by atoms with van der Waals surface area (Å²) in [7, 11) is 0. The molecule has 0 bridgehead atoms. The topological polar surface area (TPSA) is 50.2 Å². The van der Waals surface area contributed by atoms with Gasteiger partial charge in [-0.25, -0.2) is 4.21 Å². The molecule has 15 heavy (non-hydrogen) atoms. The van der Waals surface area contributed by atoms with Crippen LogP contribution in [0, 0.1) is 6.92 Å². The highest BCUT2D eigenvalue weighted by atomic mass is 32.2. The van der Waals surface area contributed by atoms with E-state index in [-0.39, 0.29) is 5.75 Å². The van der Waals surface area contributed by atoms with Crippen LogP contribution in [0.3, 0.4) is 0 Å². The maximum atomic E-state index is 10.8. The molecule has 2 rings (SSSR count). The fourth-order valence-corrected chi connectivity index (χ4v) is 2.08. The van der Waals surface area contributed by atoms with E-state index in [4.69, 9.17) is 4.55 Å². The first kappa shape index (κ1) is 10.3. The predicted octanol–water partition coefficient (Wildman–Crippen LogP) is 2.26. The number of aromatic nitrogens is 1. The fraction of sp³-hybridized carbons (Fsp3) is 0.182. The maximum Gasteiger partial charge on any atom is 0.157 e. The van der Waals surface area contributed by atoms with Crippen LogP contribution in [0.5, 0.6) is 0 Å². The van der Waals surface area contributed by atoms with Crippen molar-refractivity contribution in [3.8, 4) is 0 Å². The summed E-state index contributed by atoms with van der Waals surface area (Å²) in [4.78, 5) is 4.29. The average Bonchev–Trinajstić information content (AvgIpc) is 2.16. The number of hydrogen-bond donors (Lipinski definition) is 1. The second kappa shape index (κ2) is 4.08. The molecule has 0 fully saturated rings. The van der Waals surface area contributed by atoms with Crippen molar-refractivity contribution in [2.45, 2.75) is 12.7 Å². The molecule has 78 valence electrons. The van der Waals surface area contributed by atoms with Crippen LogP contribution in [0.4, 0.5) is 0 Å². The molecule has 1 N–H and O–H groups in total. The smallest absolute Gasteiger partial charge is 0.157 e. The van der Waals surface area contributed by atoms with Gasteiger partial charge in [-0.2, -0.15) is 0 Å². The third-order valence-corrected chi connectivity index (χ3v) is 2.77. The molecule has 0 aliphatic carbocycles. The molecule has 0 spiro atoms. The Morgan fingerprint density at radius 3 is 3.00 bits per heavy atom. The van der Waals surface area contributed by atoms with Crippen molar-refractivity contribution in [2.75, 3.05) is 0 Å². The standard InChI is InChI=1S/C11H11NO2S/c1-8-5-9-3-2-4-10(7-15(13)14)11(9)12-6-8/h2-6H,7H2,1H3,(H,13,14). The van der Waals surface area contributed by atoms with Crippen LogP contribution in [0.25, 0.3) is 10.9 Å². The Balaban J connectivity index is 2.60. The van der Waals surface area contributed by atoms with E-state index in [1.54, 1.807) is 6.20 Å². The number of aryl methyl sites for hydroxylation is 1. The Kier molecular flexibility index (Phi) is 2.79. The summed E-state index contributed by atoms with van der Waals surface area (Å²) in [6.45, 7) is 1.98. The van der Waals surface area contributed by atoms with Crippen molar-refractivity contribution in [1.82, 2.24) is 4.98 Å². The van der Waals surface area contributed by atoms with Gasteiger partial charge in [-0.1, -0.05) is 18.2 Å². The van der Waals surface area contributed by atoms with E-state index < -0.39 is 11.1 Å². The van der Waals surface area contributed by atoms with Crippen molar-refractivity contribution in [3.63, 3.8) is 0 Å². The summed E-state index contributed by atoms with van der Waals surface area (Å²) in [5.41, 5.74) is 2.71. The van der Waals surface area contributed by atoms with E-state index >= 15 is 0 Å². The first-order chi connectivity index (χ1) is 7.16. The highest BCUT2D eigenvalue weighted by Crippen LogP contribution is 2.18. The molecule has 1 aromatic carbocycles. The van der Waals surface area contributed by atoms with Gasteiger partial charge in [0, 0.05) is 11.6 Å².